The predicted octanol–water partition coefficient (Wildman–Crippen LogP) is 1.52. The molecule has 0 bridgehead atoms. The molecule has 1 fully saturated rings. The Morgan fingerprint density at radius 2 is 2.05 bits per heavy atom. The van der Waals surface area contributed by atoms with Gasteiger partial charge in [0.05, 0.1) is 17.1 Å². The van der Waals surface area contributed by atoms with Gasteiger partial charge in [0, 0.05) is 6.04 Å². The molecule has 2 aromatic rings. The molecule has 8 heteroatoms. The molecule has 1 aromatic heterocycles. The number of hydrogen-bond acceptors (Lipinski definition) is 6. The van der Waals surface area contributed by atoms with Crippen molar-refractivity contribution in [2.24, 2.45) is 0 Å². The van der Waals surface area contributed by atoms with Crippen molar-refractivity contribution in [3.05, 3.63) is 23.8 Å². The highest BCUT2D eigenvalue weighted by Gasteiger charge is 2.24. The number of carboxylic acid groups (broad SMARTS) is 1. The van der Waals surface area contributed by atoms with Crippen LogP contribution in [0.1, 0.15) is 23.2 Å². The normalized spacial score (nSPS) is 18.7. The molecule has 1 aliphatic heterocycles. The van der Waals surface area contributed by atoms with Gasteiger partial charge < -0.3 is 14.8 Å². The number of oxazole rings is 1. The molecule has 1 aromatic carbocycles. The van der Waals surface area contributed by atoms with Crippen molar-refractivity contribution < 1.29 is 22.7 Å². The van der Waals surface area contributed by atoms with Crippen LogP contribution < -0.4 is 5.32 Å². The Bertz CT molecular complexity index is 782. The lowest BCUT2D eigenvalue weighted by Crippen LogP contribution is -2.32. The number of aromatic carboxylic acids is 1. The summed E-state index contributed by atoms with van der Waals surface area (Å²) in [4.78, 5) is 15.1. The zero-order chi connectivity index (χ0) is 15.0. The molecule has 0 atom stereocenters. The molecule has 1 saturated heterocycles. The zero-order valence-electron chi connectivity index (χ0n) is 11.1. The molecule has 0 amide bonds. The van der Waals surface area contributed by atoms with Crippen LogP contribution >= 0.6 is 0 Å². The van der Waals surface area contributed by atoms with E-state index in [2.05, 4.69) is 10.3 Å². The van der Waals surface area contributed by atoms with Crippen LogP contribution in [0.15, 0.2) is 22.6 Å². The summed E-state index contributed by atoms with van der Waals surface area (Å²) in [6.45, 7) is 0. The maximum atomic E-state index is 11.4. The van der Waals surface area contributed by atoms with Gasteiger partial charge in [-0.25, -0.2) is 13.2 Å². The third kappa shape index (κ3) is 2.99. The quantitative estimate of drug-likeness (QED) is 0.884. The minimum Gasteiger partial charge on any atom is -0.478 e. The number of hydrogen-bond donors (Lipinski definition) is 2. The predicted molar refractivity (Wildman–Crippen MR) is 76.3 cm³/mol. The molecule has 7 nitrogen and oxygen atoms in total. The highest BCUT2D eigenvalue weighted by molar-refractivity contribution is 7.91. The van der Waals surface area contributed by atoms with Crippen molar-refractivity contribution in [3.8, 4) is 0 Å². The van der Waals surface area contributed by atoms with Crippen LogP contribution in [-0.2, 0) is 9.84 Å². The van der Waals surface area contributed by atoms with Crippen LogP contribution in [0.2, 0.25) is 0 Å². The molecule has 2 heterocycles. The second-order valence-corrected chi connectivity index (χ2v) is 7.38. The molecule has 0 aliphatic carbocycles. The molecular formula is C13H14N2O5S. The van der Waals surface area contributed by atoms with Crippen molar-refractivity contribution in [2.45, 2.75) is 18.9 Å². The van der Waals surface area contributed by atoms with Crippen molar-refractivity contribution in [1.29, 1.82) is 0 Å². The second kappa shape index (κ2) is 5.03. The monoisotopic (exact) mass is 310 g/mol. The maximum absolute atomic E-state index is 11.4. The fraction of sp³-hybridized carbons (Fsp3) is 0.385. The third-order valence-corrected chi connectivity index (χ3v) is 5.23. The maximum Gasteiger partial charge on any atom is 0.335 e. The first kappa shape index (κ1) is 13.9. The van der Waals surface area contributed by atoms with E-state index in [1.165, 1.54) is 12.1 Å². The summed E-state index contributed by atoms with van der Waals surface area (Å²) in [6, 6.07) is 4.75. The van der Waals surface area contributed by atoms with E-state index < -0.39 is 15.8 Å². The van der Waals surface area contributed by atoms with E-state index in [9.17, 15) is 13.2 Å². The number of fused-ring (bicyclic) bond motifs is 1. The van der Waals surface area contributed by atoms with Crippen molar-refractivity contribution in [2.75, 3.05) is 16.8 Å². The average molecular weight is 310 g/mol. The molecular weight excluding hydrogens is 296 g/mol. The minimum absolute atomic E-state index is 0.000492. The number of rotatable bonds is 3. The highest BCUT2D eigenvalue weighted by Crippen LogP contribution is 2.23. The summed E-state index contributed by atoms with van der Waals surface area (Å²) in [5, 5.41) is 12.0. The van der Waals surface area contributed by atoms with E-state index >= 15 is 0 Å². The van der Waals surface area contributed by atoms with Crippen LogP contribution in [0.25, 0.3) is 11.1 Å². The third-order valence-electron chi connectivity index (χ3n) is 3.52. The molecule has 3 rings (SSSR count). The Labute approximate surface area is 120 Å². The van der Waals surface area contributed by atoms with Crippen LogP contribution in [0.5, 0.6) is 0 Å². The lowest BCUT2D eigenvalue weighted by Gasteiger charge is -2.21. The Morgan fingerprint density at radius 1 is 1.33 bits per heavy atom. The summed E-state index contributed by atoms with van der Waals surface area (Å²) in [6.07, 6.45) is 1.03. The molecule has 21 heavy (non-hydrogen) atoms. The Kier molecular flexibility index (Phi) is 3.32. The van der Waals surface area contributed by atoms with Gasteiger partial charge in [-0.15, -0.1) is 0 Å². The van der Waals surface area contributed by atoms with E-state index in [-0.39, 0.29) is 29.1 Å². The summed E-state index contributed by atoms with van der Waals surface area (Å²) in [5.41, 5.74) is 1.08. The van der Waals surface area contributed by atoms with E-state index in [4.69, 9.17) is 9.52 Å². The average Bonchev–Trinajstić information content (AvgIpc) is 2.82. The Morgan fingerprint density at radius 3 is 2.71 bits per heavy atom. The van der Waals surface area contributed by atoms with Gasteiger partial charge in [-0.2, -0.15) is 4.98 Å². The number of nitrogens with zero attached hydrogens (tertiary/aromatic N) is 1. The lowest BCUT2D eigenvalue weighted by molar-refractivity contribution is 0.0697. The van der Waals surface area contributed by atoms with Crippen LogP contribution in [-0.4, -0.2) is 42.0 Å². The summed E-state index contributed by atoms with van der Waals surface area (Å²) < 4.78 is 28.2. The van der Waals surface area contributed by atoms with Gasteiger partial charge in [-0.1, -0.05) is 0 Å². The van der Waals surface area contributed by atoms with Gasteiger partial charge in [0.25, 0.3) is 6.01 Å². The number of carboxylic acids is 1. The van der Waals surface area contributed by atoms with Crippen LogP contribution in [0.3, 0.4) is 0 Å². The molecule has 1 aliphatic rings. The van der Waals surface area contributed by atoms with Crippen LogP contribution in [0.4, 0.5) is 6.01 Å². The van der Waals surface area contributed by atoms with Crippen molar-refractivity contribution in [3.63, 3.8) is 0 Å². The van der Waals surface area contributed by atoms with Gasteiger partial charge in [0.1, 0.15) is 15.4 Å². The molecule has 0 unspecified atom stereocenters. The lowest BCUT2D eigenvalue weighted by atomic mass is 10.2. The van der Waals surface area contributed by atoms with Gasteiger partial charge >= 0.3 is 5.97 Å². The smallest absolute Gasteiger partial charge is 0.335 e. The minimum atomic E-state index is -2.90. The van der Waals surface area contributed by atoms with Gasteiger partial charge in [-0.05, 0) is 31.0 Å². The number of anilines is 1. The number of benzene rings is 1. The van der Waals surface area contributed by atoms with E-state index in [1.54, 1.807) is 6.07 Å². The van der Waals surface area contributed by atoms with Gasteiger partial charge in [0.2, 0.25) is 0 Å². The van der Waals surface area contributed by atoms with Gasteiger partial charge in [0.15, 0.2) is 5.58 Å². The molecule has 0 radical (unpaired) electrons. The SMILES string of the molecule is O=C(O)c1ccc2nc(NC3CCS(=O)(=O)CC3)oc2c1. The Hall–Kier alpha value is -2.09. The number of carbonyl (C=O) groups is 1. The number of sulfone groups is 1. The fourth-order valence-corrected chi connectivity index (χ4v) is 3.82. The number of nitrogens with one attached hydrogen (secondary N) is 1. The number of aromatic nitrogens is 1. The van der Waals surface area contributed by atoms with Crippen LogP contribution in [0, 0.1) is 0 Å². The first-order valence-corrected chi connectivity index (χ1v) is 8.36. The first-order valence-electron chi connectivity index (χ1n) is 6.54. The van der Waals surface area contributed by atoms with E-state index in [0.29, 0.717) is 23.9 Å². The molecule has 0 spiro atoms. The largest absolute Gasteiger partial charge is 0.478 e. The van der Waals surface area contributed by atoms with Crippen molar-refractivity contribution >= 4 is 32.9 Å². The second-order valence-electron chi connectivity index (χ2n) is 5.08. The van der Waals surface area contributed by atoms with Crippen molar-refractivity contribution in [1.82, 2.24) is 4.98 Å². The summed E-state index contributed by atoms with van der Waals surface area (Å²) in [7, 11) is -2.90. The standard InChI is InChI=1S/C13H14N2O5S/c16-12(17)8-1-2-10-11(7-8)20-13(15-10)14-9-3-5-21(18,19)6-4-9/h1-2,7,9H,3-6H2,(H,14,15)(H,16,17). The zero-order valence-corrected chi connectivity index (χ0v) is 11.9. The summed E-state index contributed by atoms with van der Waals surface area (Å²) in [5.74, 6) is -0.706. The molecule has 2 N–H and O–H groups in total. The topological polar surface area (TPSA) is 109 Å². The summed E-state index contributed by atoms with van der Waals surface area (Å²) >= 11 is 0. The Balaban J connectivity index is 1.77. The first-order chi connectivity index (χ1) is 9.93. The molecule has 112 valence electrons. The van der Waals surface area contributed by atoms with E-state index in [0.717, 1.165) is 0 Å². The van der Waals surface area contributed by atoms with Gasteiger partial charge in [-0.3, -0.25) is 0 Å². The molecule has 0 saturated carbocycles. The fourth-order valence-electron chi connectivity index (χ4n) is 2.33. The van der Waals surface area contributed by atoms with E-state index in [1.807, 2.05) is 0 Å². The highest BCUT2D eigenvalue weighted by atomic mass is 32.2.